The highest BCUT2D eigenvalue weighted by Crippen LogP contribution is 2.32. The summed E-state index contributed by atoms with van der Waals surface area (Å²) in [5.41, 5.74) is 0.440. The van der Waals surface area contributed by atoms with E-state index in [-0.39, 0.29) is 10.8 Å². The van der Waals surface area contributed by atoms with E-state index in [0.717, 1.165) is 6.42 Å². The van der Waals surface area contributed by atoms with Crippen molar-refractivity contribution in [3.05, 3.63) is 30.0 Å². The van der Waals surface area contributed by atoms with Crippen LogP contribution in [-0.4, -0.2) is 33.5 Å². The molecule has 1 heterocycles. The number of carbonyl (C=O) groups excluding carboxylic acids is 1. The summed E-state index contributed by atoms with van der Waals surface area (Å²) < 4.78 is 28.5. The van der Waals surface area contributed by atoms with Crippen LogP contribution in [0, 0.1) is 0 Å². The molecule has 0 spiro atoms. The molecule has 1 saturated heterocycles. The predicted octanol–water partition coefficient (Wildman–Crippen LogP) is 2.34. The highest BCUT2D eigenvalue weighted by atomic mass is 32.2. The van der Waals surface area contributed by atoms with Crippen LogP contribution in [0.25, 0.3) is 4.91 Å². The topological polar surface area (TPSA) is 78.5 Å². The molecule has 1 amide bonds. The lowest BCUT2D eigenvalue weighted by Gasteiger charge is -2.23. The van der Waals surface area contributed by atoms with Crippen molar-refractivity contribution in [1.29, 1.82) is 0 Å². The molecule has 0 saturated carbocycles. The van der Waals surface area contributed by atoms with Crippen molar-refractivity contribution in [1.82, 2.24) is 10.0 Å². The SMILES string of the molecule is CN/C=C(\S)c1ccc(N2CCCC2=O)cc1S(=O)(=O)NC(C)(C)C. The first-order valence-corrected chi connectivity index (χ1v) is 10.0. The molecule has 0 radical (unpaired) electrons. The van der Waals surface area contributed by atoms with Crippen molar-refractivity contribution in [3.8, 4) is 0 Å². The standard InChI is InChI=1S/C17H25N3O3S2/c1-17(2,3)19-25(22,23)15-10-12(20-9-5-6-16(20)21)7-8-13(15)14(24)11-18-4/h7-8,10-11,18-19,24H,5-6,9H2,1-4H3/b14-11-. The number of sulfonamides is 1. The molecule has 2 rings (SSSR count). The van der Waals surface area contributed by atoms with Gasteiger partial charge in [0, 0.05) is 47.9 Å². The van der Waals surface area contributed by atoms with Crippen LogP contribution in [0.2, 0.25) is 0 Å². The fourth-order valence-corrected chi connectivity index (χ4v) is 4.77. The van der Waals surface area contributed by atoms with Crippen molar-refractivity contribution in [3.63, 3.8) is 0 Å². The third-order valence-corrected chi connectivity index (χ3v) is 5.81. The number of carbonyl (C=O) groups is 1. The van der Waals surface area contributed by atoms with Gasteiger partial charge in [0.2, 0.25) is 15.9 Å². The summed E-state index contributed by atoms with van der Waals surface area (Å²) in [5, 5.41) is 2.85. The Kier molecular flexibility index (Phi) is 5.86. The van der Waals surface area contributed by atoms with E-state index < -0.39 is 15.6 Å². The van der Waals surface area contributed by atoms with Gasteiger partial charge in [-0.05, 0) is 39.3 Å². The Bertz CT molecular complexity index is 796. The number of amides is 1. The monoisotopic (exact) mass is 383 g/mol. The van der Waals surface area contributed by atoms with Crippen LogP contribution in [0.15, 0.2) is 29.3 Å². The molecule has 0 unspecified atom stereocenters. The number of nitrogens with zero attached hydrogens (tertiary/aromatic N) is 1. The molecular weight excluding hydrogens is 358 g/mol. The first kappa shape index (κ1) is 19.8. The Labute approximate surface area is 155 Å². The van der Waals surface area contributed by atoms with Crippen molar-refractivity contribution in [2.24, 2.45) is 0 Å². The first-order valence-electron chi connectivity index (χ1n) is 8.10. The lowest BCUT2D eigenvalue weighted by atomic mass is 10.1. The lowest BCUT2D eigenvalue weighted by Crippen LogP contribution is -2.40. The largest absolute Gasteiger partial charge is 0.393 e. The molecule has 1 aliphatic heterocycles. The summed E-state index contributed by atoms with van der Waals surface area (Å²) in [6.07, 6.45) is 2.89. The van der Waals surface area contributed by atoms with Crippen molar-refractivity contribution >= 4 is 39.2 Å². The molecule has 2 N–H and O–H groups in total. The summed E-state index contributed by atoms with van der Waals surface area (Å²) in [7, 11) is -2.07. The van der Waals surface area contributed by atoms with Crippen molar-refractivity contribution < 1.29 is 13.2 Å². The normalized spacial score (nSPS) is 16.4. The van der Waals surface area contributed by atoms with Crippen LogP contribution in [0.3, 0.4) is 0 Å². The number of hydrogen-bond acceptors (Lipinski definition) is 5. The number of rotatable bonds is 5. The van der Waals surface area contributed by atoms with Gasteiger partial charge in [-0.25, -0.2) is 13.1 Å². The second-order valence-electron chi connectivity index (χ2n) is 7.00. The summed E-state index contributed by atoms with van der Waals surface area (Å²) in [5.74, 6) is 0.0109. The Morgan fingerprint density at radius 3 is 2.52 bits per heavy atom. The third kappa shape index (κ3) is 4.77. The van der Waals surface area contributed by atoms with Gasteiger partial charge in [0.15, 0.2) is 0 Å². The van der Waals surface area contributed by atoms with E-state index in [0.29, 0.717) is 29.1 Å². The molecule has 0 aromatic heterocycles. The summed E-state index contributed by atoms with van der Waals surface area (Å²) in [6.45, 7) is 5.94. The second kappa shape index (κ2) is 7.39. The number of thiol groups is 1. The minimum atomic E-state index is -3.79. The smallest absolute Gasteiger partial charge is 0.241 e. The Hall–Kier alpha value is -1.51. The van der Waals surface area contributed by atoms with Crippen LogP contribution in [-0.2, 0) is 14.8 Å². The average molecular weight is 384 g/mol. The van der Waals surface area contributed by atoms with Gasteiger partial charge >= 0.3 is 0 Å². The van der Waals surface area contributed by atoms with Crippen LogP contribution in [0.1, 0.15) is 39.2 Å². The molecule has 0 aliphatic carbocycles. The summed E-state index contributed by atoms with van der Waals surface area (Å²) in [4.78, 5) is 14.2. The van der Waals surface area contributed by atoms with E-state index in [1.165, 1.54) is 0 Å². The van der Waals surface area contributed by atoms with Crippen LogP contribution < -0.4 is 14.9 Å². The molecule has 1 fully saturated rings. The molecule has 6 nitrogen and oxygen atoms in total. The Morgan fingerprint density at radius 1 is 1.32 bits per heavy atom. The van der Waals surface area contributed by atoms with Gasteiger partial charge in [-0.2, -0.15) is 0 Å². The third-order valence-electron chi connectivity index (χ3n) is 3.64. The number of benzene rings is 1. The van der Waals surface area contributed by atoms with Gasteiger partial charge in [-0.1, -0.05) is 6.07 Å². The van der Waals surface area contributed by atoms with E-state index in [2.05, 4.69) is 22.7 Å². The molecule has 25 heavy (non-hydrogen) atoms. The molecule has 8 heteroatoms. The van der Waals surface area contributed by atoms with Gasteiger partial charge in [0.05, 0.1) is 4.90 Å². The van der Waals surface area contributed by atoms with E-state index in [9.17, 15) is 13.2 Å². The Morgan fingerprint density at radius 2 is 2.00 bits per heavy atom. The number of nitrogens with one attached hydrogen (secondary N) is 2. The first-order chi connectivity index (χ1) is 11.5. The van der Waals surface area contributed by atoms with Gasteiger partial charge in [-0.15, -0.1) is 12.6 Å². The minimum absolute atomic E-state index is 0.0109. The number of anilines is 1. The van der Waals surface area contributed by atoms with Gasteiger partial charge < -0.3 is 10.2 Å². The van der Waals surface area contributed by atoms with Crippen LogP contribution in [0.4, 0.5) is 5.69 Å². The average Bonchev–Trinajstić information content (AvgIpc) is 2.90. The van der Waals surface area contributed by atoms with Gasteiger partial charge in [0.25, 0.3) is 0 Å². The van der Waals surface area contributed by atoms with Crippen LogP contribution >= 0.6 is 12.6 Å². The van der Waals surface area contributed by atoms with Crippen LogP contribution in [0.5, 0.6) is 0 Å². The van der Waals surface area contributed by atoms with Gasteiger partial charge in [-0.3, -0.25) is 4.79 Å². The maximum absolute atomic E-state index is 12.9. The van der Waals surface area contributed by atoms with Crippen molar-refractivity contribution in [2.75, 3.05) is 18.5 Å². The maximum atomic E-state index is 12.9. The van der Waals surface area contributed by atoms with E-state index in [4.69, 9.17) is 0 Å². The molecule has 1 aromatic carbocycles. The zero-order chi connectivity index (χ0) is 18.8. The van der Waals surface area contributed by atoms with E-state index in [1.54, 1.807) is 57.1 Å². The fourth-order valence-electron chi connectivity index (χ4n) is 2.71. The maximum Gasteiger partial charge on any atom is 0.241 e. The fraction of sp³-hybridized carbons (Fsp3) is 0.471. The molecule has 1 aliphatic rings. The molecular formula is C17H25N3O3S2. The number of hydrogen-bond donors (Lipinski definition) is 3. The summed E-state index contributed by atoms with van der Waals surface area (Å²) in [6, 6.07) is 5.00. The Balaban J connectivity index is 2.59. The van der Waals surface area contributed by atoms with E-state index >= 15 is 0 Å². The van der Waals surface area contributed by atoms with Crippen molar-refractivity contribution in [2.45, 2.75) is 44.0 Å². The highest BCUT2D eigenvalue weighted by molar-refractivity contribution is 7.91. The summed E-state index contributed by atoms with van der Waals surface area (Å²) >= 11 is 4.40. The highest BCUT2D eigenvalue weighted by Gasteiger charge is 2.28. The second-order valence-corrected chi connectivity index (χ2v) is 9.14. The molecule has 0 bridgehead atoms. The molecule has 138 valence electrons. The zero-order valence-electron chi connectivity index (χ0n) is 15.0. The predicted molar refractivity (Wildman–Crippen MR) is 104 cm³/mol. The quantitative estimate of drug-likeness (QED) is 0.682. The van der Waals surface area contributed by atoms with E-state index in [1.807, 2.05) is 0 Å². The zero-order valence-corrected chi connectivity index (χ0v) is 16.7. The minimum Gasteiger partial charge on any atom is -0.393 e. The molecule has 0 atom stereocenters. The molecule has 1 aromatic rings. The van der Waals surface area contributed by atoms with Gasteiger partial charge in [0.1, 0.15) is 0 Å². The lowest BCUT2D eigenvalue weighted by molar-refractivity contribution is -0.117.